The van der Waals surface area contributed by atoms with Gasteiger partial charge in [-0.25, -0.2) is 0 Å². The maximum Gasteiger partial charge on any atom is 0.417 e. The van der Waals surface area contributed by atoms with Crippen LogP contribution in [0, 0.1) is 0 Å². The van der Waals surface area contributed by atoms with Crippen LogP contribution in [0.25, 0.3) is 0 Å². The van der Waals surface area contributed by atoms with Gasteiger partial charge in [-0.15, -0.1) is 0 Å². The van der Waals surface area contributed by atoms with E-state index in [0.717, 1.165) is 5.56 Å². The molecular formula is C24H27F3N2O4S. The second-order valence-electron chi connectivity index (χ2n) is 8.45. The molecule has 2 heterocycles. The number of amidine groups is 1. The van der Waals surface area contributed by atoms with Crippen molar-refractivity contribution in [3.63, 3.8) is 0 Å². The molecular weight excluding hydrogens is 469 g/mol. The van der Waals surface area contributed by atoms with Crippen molar-refractivity contribution in [3.05, 3.63) is 65.7 Å². The number of ether oxygens (including phenoxy) is 3. The highest BCUT2D eigenvalue weighted by Gasteiger charge is 2.53. The fourth-order valence-electron chi connectivity index (χ4n) is 3.81. The molecule has 2 aromatic carbocycles. The minimum Gasteiger partial charge on any atom is -0.489 e. The van der Waals surface area contributed by atoms with Crippen LogP contribution in [0.15, 0.2) is 59.6 Å². The molecule has 4 rings (SSSR count). The monoisotopic (exact) mass is 496 g/mol. The molecule has 0 unspecified atom stereocenters. The van der Waals surface area contributed by atoms with E-state index in [0.29, 0.717) is 23.1 Å². The number of halogens is 3. The zero-order valence-corrected chi connectivity index (χ0v) is 19.6. The van der Waals surface area contributed by atoms with Crippen molar-refractivity contribution in [2.24, 2.45) is 4.99 Å². The Labute approximate surface area is 200 Å². The molecule has 0 amide bonds. The first kappa shape index (κ1) is 24.8. The van der Waals surface area contributed by atoms with Gasteiger partial charge in [0.25, 0.3) is 0 Å². The van der Waals surface area contributed by atoms with Gasteiger partial charge < -0.3 is 24.2 Å². The molecule has 34 heavy (non-hydrogen) atoms. The quantitative estimate of drug-likeness (QED) is 0.619. The average molecular weight is 497 g/mol. The number of aliphatic hydroxyl groups excluding tert-OH is 1. The second-order valence-corrected chi connectivity index (χ2v) is 9.52. The van der Waals surface area contributed by atoms with Crippen molar-refractivity contribution >= 4 is 16.9 Å². The first-order valence-corrected chi connectivity index (χ1v) is 11.8. The summed E-state index contributed by atoms with van der Waals surface area (Å²) in [5, 5.41) is 11.1. The van der Waals surface area contributed by atoms with E-state index in [1.54, 1.807) is 43.3 Å². The van der Waals surface area contributed by atoms with Crippen molar-refractivity contribution < 1.29 is 32.5 Å². The number of hydrogen-bond acceptors (Lipinski definition) is 7. The van der Waals surface area contributed by atoms with Crippen molar-refractivity contribution in [1.82, 2.24) is 4.90 Å². The fraction of sp³-hybridized carbons (Fsp3) is 0.458. The lowest BCUT2D eigenvalue weighted by Gasteiger charge is -2.38. The van der Waals surface area contributed by atoms with Crippen LogP contribution >= 0.6 is 11.8 Å². The summed E-state index contributed by atoms with van der Waals surface area (Å²) < 4.78 is 58.3. The lowest BCUT2D eigenvalue weighted by molar-refractivity contribution is -0.267. The first-order valence-electron chi connectivity index (χ1n) is 10.9. The Balaban J connectivity index is 1.35. The van der Waals surface area contributed by atoms with Crippen LogP contribution in [-0.4, -0.2) is 65.2 Å². The number of benzene rings is 2. The minimum absolute atomic E-state index is 0.206. The lowest BCUT2D eigenvalue weighted by Crippen LogP contribution is -2.53. The Morgan fingerprint density at radius 3 is 2.41 bits per heavy atom. The topological polar surface area (TPSA) is 63.5 Å². The highest BCUT2D eigenvalue weighted by atomic mass is 32.2. The number of hydrogen-bond donors (Lipinski definition) is 1. The van der Waals surface area contributed by atoms with Crippen LogP contribution in [0.3, 0.4) is 0 Å². The SMILES string of the molecule is CN(C)C1=N[C@H]2[C@H](O[C@H]([C@@H](OCc3ccc(OCc4ccccc4)cc3)C(F)(F)F)C[C@@H]2O)S1. The van der Waals surface area contributed by atoms with Gasteiger partial charge in [0.1, 0.15) is 23.8 Å². The maximum atomic E-state index is 13.9. The third-order valence-electron chi connectivity index (χ3n) is 5.58. The van der Waals surface area contributed by atoms with Crippen LogP contribution in [-0.2, 0) is 22.7 Å². The summed E-state index contributed by atoms with van der Waals surface area (Å²) in [4.78, 5) is 6.13. The molecule has 1 saturated heterocycles. The molecule has 1 N–H and O–H groups in total. The van der Waals surface area contributed by atoms with Crippen LogP contribution in [0.5, 0.6) is 5.75 Å². The van der Waals surface area contributed by atoms with Crippen molar-refractivity contribution in [1.29, 1.82) is 0 Å². The van der Waals surface area contributed by atoms with Gasteiger partial charge in [0.05, 0.1) is 18.8 Å². The Bertz CT molecular complexity index is 972. The number of thioether (sulfide) groups is 1. The number of aliphatic imine (C=N–C) groups is 1. The van der Waals surface area contributed by atoms with Gasteiger partial charge in [-0.1, -0.05) is 54.2 Å². The molecule has 0 aromatic heterocycles. The molecule has 0 aliphatic carbocycles. The van der Waals surface area contributed by atoms with Crippen LogP contribution in [0.1, 0.15) is 17.5 Å². The fourth-order valence-corrected chi connectivity index (χ4v) is 4.99. The third kappa shape index (κ3) is 6.04. The Morgan fingerprint density at radius 1 is 1.09 bits per heavy atom. The zero-order chi connectivity index (χ0) is 24.3. The number of nitrogens with zero attached hydrogens (tertiary/aromatic N) is 2. The second kappa shape index (κ2) is 10.6. The van der Waals surface area contributed by atoms with E-state index in [9.17, 15) is 18.3 Å². The Hall–Kier alpha value is -2.27. The highest BCUT2D eigenvalue weighted by Crippen LogP contribution is 2.40. The molecule has 0 radical (unpaired) electrons. The molecule has 2 aliphatic heterocycles. The number of fused-ring (bicyclic) bond motifs is 1. The van der Waals surface area contributed by atoms with E-state index in [-0.39, 0.29) is 13.0 Å². The van der Waals surface area contributed by atoms with Gasteiger partial charge in [-0.3, -0.25) is 4.99 Å². The number of aliphatic hydroxyl groups is 1. The number of alkyl halides is 3. The van der Waals surface area contributed by atoms with Crippen molar-refractivity contribution in [2.75, 3.05) is 14.1 Å². The summed E-state index contributed by atoms with van der Waals surface area (Å²) in [6.45, 7) is 0.146. The van der Waals surface area contributed by atoms with Gasteiger partial charge in [0.2, 0.25) is 0 Å². The molecule has 0 bridgehead atoms. The average Bonchev–Trinajstić information content (AvgIpc) is 3.24. The van der Waals surface area contributed by atoms with E-state index in [2.05, 4.69) is 4.99 Å². The summed E-state index contributed by atoms with van der Waals surface area (Å²) in [6, 6.07) is 15.8. The van der Waals surface area contributed by atoms with E-state index < -0.39 is 36.0 Å². The Kier molecular flexibility index (Phi) is 7.71. The standard InChI is InChI=1S/C24H27F3N2O4S/c1-29(2)23-28-20-18(30)12-19(33-22(20)34-23)21(24(25,26)27)32-14-16-8-10-17(11-9-16)31-13-15-6-4-3-5-7-15/h3-11,18-22,30H,12-14H2,1-2H3/t18-,19-,20+,21+,22+/m0/s1. The molecule has 5 atom stereocenters. The summed E-state index contributed by atoms with van der Waals surface area (Å²) in [7, 11) is 3.57. The highest BCUT2D eigenvalue weighted by molar-refractivity contribution is 8.14. The predicted molar refractivity (Wildman–Crippen MR) is 124 cm³/mol. The summed E-state index contributed by atoms with van der Waals surface area (Å²) >= 11 is 1.21. The molecule has 10 heteroatoms. The van der Waals surface area contributed by atoms with E-state index in [1.165, 1.54) is 11.8 Å². The van der Waals surface area contributed by atoms with Gasteiger partial charge in [-0.05, 0) is 23.3 Å². The molecule has 0 spiro atoms. The summed E-state index contributed by atoms with van der Waals surface area (Å²) in [5.41, 5.74) is 0.910. The van der Waals surface area contributed by atoms with Crippen LogP contribution in [0.2, 0.25) is 0 Å². The van der Waals surface area contributed by atoms with E-state index in [1.807, 2.05) is 30.3 Å². The molecule has 2 aromatic rings. The van der Waals surface area contributed by atoms with E-state index >= 15 is 0 Å². The molecule has 6 nitrogen and oxygen atoms in total. The lowest BCUT2D eigenvalue weighted by atomic mass is 9.97. The zero-order valence-electron chi connectivity index (χ0n) is 18.8. The minimum atomic E-state index is -4.65. The molecule has 1 fully saturated rings. The smallest absolute Gasteiger partial charge is 0.417 e. The number of rotatable bonds is 7. The molecule has 2 aliphatic rings. The molecule has 184 valence electrons. The maximum absolute atomic E-state index is 13.9. The van der Waals surface area contributed by atoms with Gasteiger partial charge in [-0.2, -0.15) is 13.2 Å². The van der Waals surface area contributed by atoms with E-state index in [4.69, 9.17) is 14.2 Å². The van der Waals surface area contributed by atoms with Crippen molar-refractivity contribution in [3.8, 4) is 5.75 Å². The third-order valence-corrected chi connectivity index (χ3v) is 6.88. The molecule has 0 saturated carbocycles. The summed E-state index contributed by atoms with van der Waals surface area (Å²) in [6.07, 6.45) is -9.38. The normalized spacial score (nSPS) is 25.4. The predicted octanol–water partition coefficient (Wildman–Crippen LogP) is 4.22. The van der Waals surface area contributed by atoms with Crippen LogP contribution in [0.4, 0.5) is 13.2 Å². The van der Waals surface area contributed by atoms with Gasteiger partial charge in [0.15, 0.2) is 11.3 Å². The first-order chi connectivity index (χ1) is 16.2. The Morgan fingerprint density at radius 2 is 1.76 bits per heavy atom. The van der Waals surface area contributed by atoms with Crippen LogP contribution < -0.4 is 4.74 Å². The van der Waals surface area contributed by atoms with Gasteiger partial charge in [0, 0.05) is 20.5 Å². The van der Waals surface area contributed by atoms with Gasteiger partial charge >= 0.3 is 6.18 Å². The summed E-state index contributed by atoms with van der Waals surface area (Å²) in [5.74, 6) is 0.611. The largest absolute Gasteiger partial charge is 0.489 e. The van der Waals surface area contributed by atoms with Crippen molar-refractivity contribution in [2.45, 2.75) is 55.6 Å².